The summed E-state index contributed by atoms with van der Waals surface area (Å²) in [5.74, 6) is -0.854. The number of aryl methyl sites for hydroxylation is 8. The molecular formula is C50H65F2NP2Si. The van der Waals surface area contributed by atoms with Crippen LogP contribution in [0.15, 0.2) is 84.9 Å². The predicted molar refractivity (Wildman–Crippen MR) is 249 cm³/mol. The first-order chi connectivity index (χ1) is 26.7. The highest BCUT2D eigenvalue weighted by molar-refractivity contribution is 7.90. The molecule has 56 heavy (non-hydrogen) atoms. The zero-order valence-corrected chi connectivity index (χ0v) is 38.8. The van der Waals surface area contributed by atoms with E-state index in [1.807, 2.05) is 12.1 Å². The fraction of sp³-hybridized carbons (Fsp3) is 0.400. The van der Waals surface area contributed by atoms with Crippen molar-refractivity contribution < 1.29 is 8.78 Å². The first kappa shape index (κ1) is 43.9. The van der Waals surface area contributed by atoms with Gasteiger partial charge in [0.25, 0.3) is 0 Å². The Morgan fingerprint density at radius 1 is 0.411 bits per heavy atom. The summed E-state index contributed by atoms with van der Waals surface area (Å²) in [6.45, 7) is 23.8. The number of nitrogens with zero attached hydrogens (tertiary/aromatic N) is 1. The molecule has 5 rings (SSSR count). The third-order valence-electron chi connectivity index (χ3n) is 11.0. The monoisotopic (exact) mass is 807 g/mol. The van der Waals surface area contributed by atoms with E-state index in [2.05, 4.69) is 153 Å². The van der Waals surface area contributed by atoms with Gasteiger partial charge in [0.15, 0.2) is 0 Å². The van der Waals surface area contributed by atoms with Crippen molar-refractivity contribution in [2.45, 2.75) is 133 Å². The molecule has 0 bridgehead atoms. The number of unbranched alkanes of at least 4 members (excludes halogenated alkanes) is 3. The first-order valence-corrected chi connectivity index (χ1v) is 26.1. The molecule has 6 heteroatoms. The molecule has 0 heterocycles. The Morgan fingerprint density at radius 2 is 0.661 bits per heavy atom. The average molecular weight is 808 g/mol. The molecule has 0 atom stereocenters. The maximum atomic E-state index is 18.0. The number of hydrogen-bond donors (Lipinski definition) is 0. The third-order valence-corrected chi connectivity index (χ3v) is 21.7. The van der Waals surface area contributed by atoms with Crippen molar-refractivity contribution >= 4 is 56.3 Å². The van der Waals surface area contributed by atoms with Gasteiger partial charge in [-0.3, -0.25) is 0 Å². The van der Waals surface area contributed by atoms with Crippen LogP contribution in [0.2, 0.25) is 18.1 Å². The summed E-state index contributed by atoms with van der Waals surface area (Å²) in [4.78, 5) is 0. The van der Waals surface area contributed by atoms with Gasteiger partial charge in [-0.1, -0.05) is 151 Å². The lowest BCUT2D eigenvalue weighted by Gasteiger charge is -2.42. The molecule has 0 saturated heterocycles. The van der Waals surface area contributed by atoms with Crippen molar-refractivity contribution in [2.75, 3.05) is 4.44 Å². The molecule has 0 unspecified atom stereocenters. The third kappa shape index (κ3) is 10.5. The maximum Gasteiger partial charge on any atom is 0.149 e. The Morgan fingerprint density at radius 3 is 0.893 bits per heavy atom. The Labute approximate surface area is 342 Å². The van der Waals surface area contributed by atoms with Crippen LogP contribution < -0.4 is 30.8 Å². The highest BCUT2D eigenvalue weighted by atomic mass is 31.2. The lowest BCUT2D eigenvalue weighted by molar-refractivity contribution is 0.590. The Hall–Kier alpha value is -3.16. The van der Waals surface area contributed by atoms with Gasteiger partial charge in [0.1, 0.15) is 17.3 Å². The fourth-order valence-electron chi connectivity index (χ4n) is 8.73. The second-order valence-electron chi connectivity index (χ2n) is 16.7. The number of hydrogen-bond acceptors (Lipinski definition) is 1. The first-order valence-electron chi connectivity index (χ1n) is 20.9. The van der Waals surface area contributed by atoms with Gasteiger partial charge < -0.3 is 4.44 Å². The van der Waals surface area contributed by atoms with Crippen LogP contribution in [-0.4, -0.2) is 8.07 Å². The zero-order valence-electron chi connectivity index (χ0n) is 36.0. The van der Waals surface area contributed by atoms with E-state index < -0.39 is 35.9 Å². The van der Waals surface area contributed by atoms with E-state index in [-0.39, 0.29) is 5.69 Å². The molecular weight excluding hydrogens is 743 g/mol. The minimum absolute atomic E-state index is 0.104. The molecule has 298 valence electrons. The Kier molecular flexibility index (Phi) is 15.3. The molecule has 0 aliphatic rings. The minimum atomic E-state index is -2.21. The normalized spacial score (nSPS) is 11.9. The lowest BCUT2D eigenvalue weighted by Crippen LogP contribution is -2.48. The standard InChI is InChI=1S/C50H65F2NP2Si/c1-12-15-18-56(19-16-13-2,20-17-14-3)47-33-48(51)50(49(52)34-47)53(54(43-25-35(4)21-36(5)26-43)44-27-37(6)22-38(7)28-44)55(45-29-39(8)23-40(9)30-45)46-31-41(10)24-42(11)32-46/h21-34H,12-20H2,1-11H3. The molecule has 0 aromatic heterocycles. The molecule has 0 aliphatic carbocycles. The topological polar surface area (TPSA) is 3.24 Å². The van der Waals surface area contributed by atoms with Crippen LogP contribution in [0.3, 0.4) is 0 Å². The van der Waals surface area contributed by atoms with Crippen molar-refractivity contribution in [1.82, 2.24) is 0 Å². The molecule has 5 aromatic carbocycles. The smallest absolute Gasteiger partial charge is 0.149 e. The van der Waals surface area contributed by atoms with E-state index in [9.17, 15) is 0 Å². The molecule has 0 spiro atoms. The van der Waals surface area contributed by atoms with E-state index in [0.717, 1.165) is 128 Å². The highest BCUT2D eigenvalue weighted by Crippen LogP contribution is 2.58. The van der Waals surface area contributed by atoms with Crippen molar-refractivity contribution in [2.24, 2.45) is 0 Å². The summed E-state index contributed by atoms with van der Waals surface area (Å²) >= 11 is 0. The SMILES string of the molecule is CCCC[Si](CCCC)(CCCC)c1cc(F)c(N(P(c2cc(C)cc(C)c2)c2cc(C)cc(C)c2)P(c2cc(C)cc(C)c2)c2cc(C)cc(C)c2)c(F)c1. The van der Waals surface area contributed by atoms with Crippen LogP contribution in [0.25, 0.3) is 0 Å². The number of rotatable bonds is 17. The second-order valence-corrected chi connectivity index (χ2v) is 25.7. The Balaban J connectivity index is 1.95. The van der Waals surface area contributed by atoms with Crippen molar-refractivity contribution in [3.05, 3.63) is 141 Å². The molecule has 5 aromatic rings. The van der Waals surface area contributed by atoms with Crippen molar-refractivity contribution in [3.8, 4) is 0 Å². The van der Waals surface area contributed by atoms with Crippen LogP contribution in [0.4, 0.5) is 14.5 Å². The summed E-state index contributed by atoms with van der Waals surface area (Å²) in [6.07, 6.45) is 6.59. The van der Waals surface area contributed by atoms with E-state index in [1.165, 1.54) is 0 Å². The van der Waals surface area contributed by atoms with Crippen molar-refractivity contribution in [3.63, 3.8) is 0 Å². The largest absolute Gasteiger partial charge is 0.308 e. The van der Waals surface area contributed by atoms with Gasteiger partial charge in [0.2, 0.25) is 0 Å². The van der Waals surface area contributed by atoms with E-state index in [4.69, 9.17) is 0 Å². The minimum Gasteiger partial charge on any atom is -0.308 e. The van der Waals surface area contributed by atoms with E-state index in [1.54, 1.807) is 0 Å². The maximum absolute atomic E-state index is 18.0. The number of anilines is 1. The van der Waals surface area contributed by atoms with Gasteiger partial charge in [0, 0.05) is 21.2 Å². The fourth-order valence-corrected chi connectivity index (χ4v) is 21.1. The van der Waals surface area contributed by atoms with Gasteiger partial charge in [-0.15, -0.1) is 0 Å². The van der Waals surface area contributed by atoms with E-state index >= 15 is 8.78 Å². The Bertz CT molecular complexity index is 1790. The second kappa shape index (κ2) is 19.5. The van der Waals surface area contributed by atoms with E-state index in [0.29, 0.717) is 0 Å². The molecule has 0 radical (unpaired) electrons. The molecule has 1 nitrogen and oxygen atoms in total. The summed E-state index contributed by atoms with van der Waals surface area (Å²) in [5, 5.41) is 5.37. The van der Waals surface area contributed by atoms with Gasteiger partial charge in [0.05, 0.1) is 24.2 Å². The highest BCUT2D eigenvalue weighted by Gasteiger charge is 2.39. The van der Waals surface area contributed by atoms with Crippen LogP contribution in [0, 0.1) is 67.0 Å². The number of halogens is 2. The molecule has 0 N–H and O–H groups in total. The summed E-state index contributed by atoms with van der Waals surface area (Å²) in [5.41, 5.74) is 9.28. The summed E-state index contributed by atoms with van der Waals surface area (Å²) in [7, 11) is -5.18. The number of benzene rings is 5. The molecule has 0 amide bonds. The molecule has 0 fully saturated rings. The van der Waals surface area contributed by atoms with Gasteiger partial charge in [-0.05, 0) is 116 Å². The molecule has 0 saturated carbocycles. The van der Waals surface area contributed by atoms with Crippen LogP contribution >= 0.6 is 16.1 Å². The average Bonchev–Trinajstić information content (AvgIpc) is 3.10. The summed E-state index contributed by atoms with van der Waals surface area (Å²) < 4.78 is 38.3. The zero-order chi connectivity index (χ0) is 40.7. The predicted octanol–water partition coefficient (Wildman–Crippen LogP) is 13.4. The van der Waals surface area contributed by atoms with Crippen LogP contribution in [0.1, 0.15) is 104 Å². The lowest BCUT2D eigenvalue weighted by atomic mass is 10.2. The van der Waals surface area contributed by atoms with Gasteiger partial charge >= 0.3 is 0 Å². The van der Waals surface area contributed by atoms with Crippen LogP contribution in [0.5, 0.6) is 0 Å². The quantitative estimate of drug-likeness (QED) is 0.0668. The summed E-state index contributed by atoms with van der Waals surface area (Å²) in [6, 6.07) is 33.7. The van der Waals surface area contributed by atoms with Gasteiger partial charge in [-0.2, -0.15) is 0 Å². The van der Waals surface area contributed by atoms with Crippen LogP contribution in [-0.2, 0) is 0 Å². The van der Waals surface area contributed by atoms with Gasteiger partial charge in [-0.25, -0.2) is 8.78 Å². The molecule has 0 aliphatic heterocycles. The van der Waals surface area contributed by atoms with Crippen molar-refractivity contribution in [1.29, 1.82) is 0 Å².